The van der Waals surface area contributed by atoms with Gasteiger partial charge in [0.2, 0.25) is 0 Å². The lowest BCUT2D eigenvalue weighted by molar-refractivity contribution is 1.18. The Labute approximate surface area is 339 Å². The maximum atomic E-state index is 5.07. The van der Waals surface area contributed by atoms with E-state index in [1.807, 2.05) is 12.1 Å². The molecule has 0 fully saturated rings. The highest BCUT2D eigenvalue weighted by Gasteiger charge is 2.37. The molecule has 11 rings (SSSR count). The van der Waals surface area contributed by atoms with Gasteiger partial charge in [-0.1, -0.05) is 177 Å². The second-order valence-corrected chi connectivity index (χ2v) is 20.1. The Bertz CT molecular complexity index is 3110. The lowest BCUT2D eigenvalue weighted by Gasteiger charge is -2.18. The molecule has 0 atom stereocenters. The fourth-order valence-corrected chi connectivity index (χ4v) is 12.2. The molecule has 4 heteroatoms. The number of benzene rings is 8. The third kappa shape index (κ3) is 5.56. The van der Waals surface area contributed by atoms with E-state index in [1.165, 1.54) is 54.8 Å². The van der Waals surface area contributed by atoms with E-state index in [0.29, 0.717) is 5.82 Å². The van der Waals surface area contributed by atoms with E-state index in [-0.39, 0.29) is 0 Å². The predicted octanol–water partition coefficient (Wildman–Crippen LogP) is 12.7. The monoisotopic (exact) mass is 757 g/mol. The molecule has 1 aliphatic rings. The summed E-state index contributed by atoms with van der Waals surface area (Å²) in [6.45, 7) is 4.95. The summed E-state index contributed by atoms with van der Waals surface area (Å²) >= 11 is 0. The minimum Gasteiger partial charge on any atom is -0.309 e. The second-order valence-electron chi connectivity index (χ2n) is 15.8. The van der Waals surface area contributed by atoms with Gasteiger partial charge in [0.05, 0.1) is 22.4 Å². The van der Waals surface area contributed by atoms with Crippen LogP contribution in [0.5, 0.6) is 0 Å². The standard InChI is InChI=1S/C54H39N3Si/c1-58(2)51-23-12-10-18-44(51)46-34-41(30-33-52(46)58)36-28-31-42(32-29-36)57-49-21-11-9-19-45(49)53-43(20-13-22-50(53)57)37-24-26-40(27-25-37)54-55-47(38-14-5-3-6-15-38)35-48(56-54)39-16-7-4-8-17-39/h3-35H,1-2H3. The molecule has 0 bridgehead atoms. The molecular weight excluding hydrogens is 719 g/mol. The van der Waals surface area contributed by atoms with Gasteiger partial charge in [-0.05, 0) is 80.2 Å². The van der Waals surface area contributed by atoms with Crippen LogP contribution in [0, 0.1) is 0 Å². The zero-order valence-corrected chi connectivity index (χ0v) is 33.4. The molecular formula is C54H39N3Si. The zero-order valence-electron chi connectivity index (χ0n) is 32.4. The van der Waals surface area contributed by atoms with E-state index < -0.39 is 8.07 Å². The largest absolute Gasteiger partial charge is 0.309 e. The molecule has 0 radical (unpaired) electrons. The number of hydrogen-bond donors (Lipinski definition) is 0. The van der Waals surface area contributed by atoms with Crippen LogP contribution in [-0.2, 0) is 0 Å². The molecule has 0 amide bonds. The number of hydrogen-bond acceptors (Lipinski definition) is 2. The summed E-state index contributed by atoms with van der Waals surface area (Å²) < 4.78 is 2.41. The van der Waals surface area contributed by atoms with E-state index >= 15 is 0 Å². The first-order valence-electron chi connectivity index (χ1n) is 20.0. The maximum absolute atomic E-state index is 5.07. The molecule has 3 nitrogen and oxygen atoms in total. The first-order valence-corrected chi connectivity index (χ1v) is 23.0. The molecule has 58 heavy (non-hydrogen) atoms. The van der Waals surface area contributed by atoms with Gasteiger partial charge in [0.15, 0.2) is 5.82 Å². The van der Waals surface area contributed by atoms with Crippen LogP contribution in [0.4, 0.5) is 0 Å². The molecule has 0 aliphatic carbocycles. The first-order chi connectivity index (χ1) is 28.5. The number of fused-ring (bicyclic) bond motifs is 6. The lowest BCUT2D eigenvalue weighted by Crippen LogP contribution is -2.49. The topological polar surface area (TPSA) is 30.7 Å². The zero-order chi connectivity index (χ0) is 38.8. The minimum atomic E-state index is -1.69. The van der Waals surface area contributed by atoms with Gasteiger partial charge in [0, 0.05) is 33.2 Å². The van der Waals surface area contributed by atoms with Crippen LogP contribution in [-0.4, -0.2) is 22.6 Å². The number of nitrogens with zero attached hydrogens (tertiary/aromatic N) is 3. The fraction of sp³-hybridized carbons (Fsp3) is 0.0370. The molecule has 0 unspecified atom stereocenters. The third-order valence-electron chi connectivity index (χ3n) is 12.1. The SMILES string of the molecule is C[Si]1(C)c2ccccc2-c2cc(-c3ccc(-n4c5ccccc5c5c(-c6ccc(-c7nc(-c8ccccc8)cc(-c8ccccc8)n7)cc6)cccc54)cc3)ccc21. The smallest absolute Gasteiger partial charge is 0.160 e. The van der Waals surface area contributed by atoms with Crippen molar-refractivity contribution in [3.05, 3.63) is 200 Å². The Morgan fingerprint density at radius 1 is 0.379 bits per heavy atom. The van der Waals surface area contributed by atoms with Gasteiger partial charge in [0.25, 0.3) is 0 Å². The molecule has 3 heterocycles. The summed E-state index contributed by atoms with van der Waals surface area (Å²) in [5.74, 6) is 0.709. The van der Waals surface area contributed by atoms with Crippen LogP contribution >= 0.6 is 0 Å². The van der Waals surface area contributed by atoms with Crippen molar-refractivity contribution in [3.63, 3.8) is 0 Å². The number of para-hydroxylation sites is 1. The van der Waals surface area contributed by atoms with Crippen molar-refractivity contribution < 1.29 is 0 Å². The highest BCUT2D eigenvalue weighted by Crippen LogP contribution is 2.40. The van der Waals surface area contributed by atoms with Gasteiger partial charge in [-0.25, -0.2) is 9.97 Å². The van der Waals surface area contributed by atoms with Gasteiger partial charge < -0.3 is 4.57 Å². The van der Waals surface area contributed by atoms with E-state index in [2.05, 4.69) is 206 Å². The third-order valence-corrected chi connectivity index (χ3v) is 15.6. The van der Waals surface area contributed by atoms with Crippen LogP contribution in [0.1, 0.15) is 0 Å². The van der Waals surface area contributed by atoms with Crippen molar-refractivity contribution in [2.24, 2.45) is 0 Å². The molecule has 0 N–H and O–H groups in total. The van der Waals surface area contributed by atoms with Gasteiger partial charge in [0.1, 0.15) is 8.07 Å². The molecule has 1 aliphatic heterocycles. The first kappa shape index (κ1) is 34.1. The molecule has 0 saturated heterocycles. The van der Waals surface area contributed by atoms with Crippen molar-refractivity contribution in [2.45, 2.75) is 13.1 Å². The summed E-state index contributed by atoms with van der Waals surface area (Å²) in [4.78, 5) is 10.1. The minimum absolute atomic E-state index is 0.709. The molecule has 2 aromatic heterocycles. The van der Waals surface area contributed by atoms with Crippen LogP contribution in [0.3, 0.4) is 0 Å². The van der Waals surface area contributed by atoms with E-state index in [1.54, 1.807) is 5.19 Å². The Kier molecular flexibility index (Phi) is 7.95. The summed E-state index contributed by atoms with van der Waals surface area (Å²) in [5.41, 5.74) is 16.1. The van der Waals surface area contributed by atoms with Crippen LogP contribution in [0.15, 0.2) is 200 Å². The number of rotatable bonds is 6. The predicted molar refractivity (Wildman–Crippen MR) is 246 cm³/mol. The molecule has 8 aromatic carbocycles. The molecule has 274 valence electrons. The van der Waals surface area contributed by atoms with E-state index in [0.717, 1.165) is 39.3 Å². The molecule has 0 saturated carbocycles. The lowest BCUT2D eigenvalue weighted by atomic mass is 9.98. The van der Waals surface area contributed by atoms with Gasteiger partial charge >= 0.3 is 0 Å². The Morgan fingerprint density at radius 2 is 0.931 bits per heavy atom. The molecule has 10 aromatic rings. The summed E-state index contributed by atoms with van der Waals surface area (Å²) in [6, 6.07) is 72.2. The Balaban J connectivity index is 0.971. The van der Waals surface area contributed by atoms with Crippen LogP contribution in [0.2, 0.25) is 13.1 Å². The van der Waals surface area contributed by atoms with Crippen LogP contribution < -0.4 is 10.4 Å². The Hall–Kier alpha value is -7.14. The average Bonchev–Trinajstić information content (AvgIpc) is 3.75. The van der Waals surface area contributed by atoms with Gasteiger partial charge in [-0.15, -0.1) is 0 Å². The van der Waals surface area contributed by atoms with Crippen molar-refractivity contribution in [2.75, 3.05) is 0 Å². The van der Waals surface area contributed by atoms with Crippen molar-refractivity contribution >= 4 is 40.3 Å². The van der Waals surface area contributed by atoms with Crippen molar-refractivity contribution in [1.29, 1.82) is 0 Å². The van der Waals surface area contributed by atoms with E-state index in [4.69, 9.17) is 9.97 Å². The van der Waals surface area contributed by atoms with Crippen LogP contribution in [0.25, 0.3) is 94.8 Å². The highest BCUT2D eigenvalue weighted by atomic mass is 28.3. The van der Waals surface area contributed by atoms with Gasteiger partial charge in [-0.3, -0.25) is 0 Å². The highest BCUT2D eigenvalue weighted by molar-refractivity contribution is 7.03. The van der Waals surface area contributed by atoms with Gasteiger partial charge in [-0.2, -0.15) is 0 Å². The quantitative estimate of drug-likeness (QED) is 0.158. The maximum Gasteiger partial charge on any atom is 0.160 e. The number of aromatic nitrogens is 3. The fourth-order valence-electron chi connectivity index (χ4n) is 9.13. The summed E-state index contributed by atoms with van der Waals surface area (Å²) in [7, 11) is -1.69. The second kappa shape index (κ2) is 13.5. The van der Waals surface area contributed by atoms with Crippen molar-refractivity contribution in [1.82, 2.24) is 14.5 Å². The average molecular weight is 758 g/mol. The summed E-state index contributed by atoms with van der Waals surface area (Å²) in [5, 5.41) is 5.55. The summed E-state index contributed by atoms with van der Waals surface area (Å²) in [6.07, 6.45) is 0. The van der Waals surface area contributed by atoms with Crippen molar-refractivity contribution in [3.8, 4) is 73.0 Å². The van der Waals surface area contributed by atoms with E-state index in [9.17, 15) is 0 Å². The molecule has 0 spiro atoms. The normalized spacial score (nSPS) is 12.8. The Morgan fingerprint density at radius 3 is 1.66 bits per heavy atom.